The lowest BCUT2D eigenvalue weighted by atomic mass is 10.2. The van der Waals surface area contributed by atoms with Crippen LogP contribution in [0.4, 0.5) is 11.4 Å². The molecular weight excluding hydrogens is 232 g/mol. The molecule has 3 N–H and O–H groups in total. The number of nitrogens with two attached hydrogens (primary N) is 1. The second kappa shape index (κ2) is 6.74. The number of esters is 1. The molecule has 0 fully saturated rings. The van der Waals surface area contributed by atoms with Crippen molar-refractivity contribution >= 4 is 17.3 Å². The molecular formula is C13H20N2O3. The second-order valence-electron chi connectivity index (χ2n) is 4.14. The monoisotopic (exact) mass is 252 g/mol. The van der Waals surface area contributed by atoms with Crippen molar-refractivity contribution in [1.82, 2.24) is 0 Å². The van der Waals surface area contributed by atoms with Crippen molar-refractivity contribution in [1.29, 1.82) is 0 Å². The molecule has 100 valence electrons. The molecule has 0 aromatic heterocycles. The first-order valence-electron chi connectivity index (χ1n) is 5.97. The van der Waals surface area contributed by atoms with Gasteiger partial charge in [0.05, 0.1) is 18.0 Å². The maximum atomic E-state index is 11.1. The van der Waals surface area contributed by atoms with E-state index in [-0.39, 0.29) is 12.6 Å². The van der Waals surface area contributed by atoms with Gasteiger partial charge in [-0.15, -0.1) is 0 Å². The largest absolute Gasteiger partial charge is 0.482 e. The lowest BCUT2D eigenvalue weighted by Gasteiger charge is -2.13. The van der Waals surface area contributed by atoms with E-state index in [4.69, 9.17) is 15.2 Å². The molecule has 0 saturated heterocycles. The number of hydrogen-bond acceptors (Lipinski definition) is 5. The van der Waals surface area contributed by atoms with E-state index in [1.54, 1.807) is 19.1 Å². The molecule has 5 nitrogen and oxygen atoms in total. The Morgan fingerprint density at radius 3 is 2.72 bits per heavy atom. The van der Waals surface area contributed by atoms with Gasteiger partial charge in [0.15, 0.2) is 6.61 Å². The topological polar surface area (TPSA) is 73.6 Å². The second-order valence-corrected chi connectivity index (χ2v) is 4.14. The highest BCUT2D eigenvalue weighted by Crippen LogP contribution is 2.24. The third-order valence-electron chi connectivity index (χ3n) is 2.13. The van der Waals surface area contributed by atoms with Crippen LogP contribution >= 0.6 is 0 Å². The molecule has 1 aromatic carbocycles. The van der Waals surface area contributed by atoms with E-state index >= 15 is 0 Å². The smallest absolute Gasteiger partial charge is 0.344 e. The van der Waals surface area contributed by atoms with E-state index in [9.17, 15) is 4.79 Å². The van der Waals surface area contributed by atoms with E-state index in [1.165, 1.54) is 0 Å². The van der Waals surface area contributed by atoms with Gasteiger partial charge < -0.3 is 20.5 Å². The average molecular weight is 252 g/mol. The van der Waals surface area contributed by atoms with Crippen molar-refractivity contribution in [2.45, 2.75) is 26.8 Å². The molecule has 0 heterocycles. The van der Waals surface area contributed by atoms with E-state index in [1.807, 2.05) is 19.9 Å². The zero-order valence-corrected chi connectivity index (χ0v) is 11.0. The summed E-state index contributed by atoms with van der Waals surface area (Å²) in [5, 5.41) is 3.21. The van der Waals surface area contributed by atoms with Crippen molar-refractivity contribution in [2.24, 2.45) is 0 Å². The van der Waals surface area contributed by atoms with Crippen LogP contribution in [0.3, 0.4) is 0 Å². The summed E-state index contributed by atoms with van der Waals surface area (Å²) in [4.78, 5) is 11.1. The molecule has 18 heavy (non-hydrogen) atoms. The number of anilines is 2. The van der Waals surface area contributed by atoms with Gasteiger partial charge in [-0.05, 0) is 32.9 Å². The van der Waals surface area contributed by atoms with Gasteiger partial charge in [0.25, 0.3) is 0 Å². The van der Waals surface area contributed by atoms with Gasteiger partial charge in [-0.25, -0.2) is 4.79 Å². The van der Waals surface area contributed by atoms with Gasteiger partial charge in [-0.2, -0.15) is 0 Å². The molecule has 1 rings (SSSR count). The standard InChI is InChI=1S/C13H20N2O3/c1-4-17-13(16)8-18-10-5-6-12(11(14)7-10)15-9(2)3/h5-7,9,15H,4,8,14H2,1-3H3. The van der Waals surface area contributed by atoms with Crippen molar-refractivity contribution in [3.8, 4) is 5.75 Å². The number of rotatable bonds is 6. The van der Waals surface area contributed by atoms with E-state index in [2.05, 4.69) is 5.32 Å². The van der Waals surface area contributed by atoms with Crippen molar-refractivity contribution in [2.75, 3.05) is 24.3 Å². The fourth-order valence-electron chi connectivity index (χ4n) is 1.42. The predicted molar refractivity (Wildman–Crippen MR) is 71.7 cm³/mol. The highest BCUT2D eigenvalue weighted by atomic mass is 16.6. The third kappa shape index (κ3) is 4.53. The Hall–Kier alpha value is -1.91. The van der Waals surface area contributed by atoms with Crippen LogP contribution in [0.25, 0.3) is 0 Å². The molecule has 0 spiro atoms. The summed E-state index contributed by atoms with van der Waals surface area (Å²) in [5.74, 6) is 0.162. The average Bonchev–Trinajstić information content (AvgIpc) is 2.29. The number of carbonyl (C=O) groups excluding carboxylic acids is 1. The Bertz CT molecular complexity index is 405. The van der Waals surface area contributed by atoms with Crippen LogP contribution in [0.5, 0.6) is 5.75 Å². The van der Waals surface area contributed by atoms with Gasteiger partial charge in [-0.1, -0.05) is 0 Å². The summed E-state index contributed by atoms with van der Waals surface area (Å²) in [5.41, 5.74) is 7.32. The molecule has 5 heteroatoms. The minimum atomic E-state index is -0.388. The zero-order chi connectivity index (χ0) is 13.5. The SMILES string of the molecule is CCOC(=O)COc1ccc(NC(C)C)c(N)c1. The number of nitrogen functional groups attached to an aromatic ring is 1. The molecule has 0 saturated carbocycles. The molecule has 1 aromatic rings. The summed E-state index contributed by atoms with van der Waals surface area (Å²) in [6.45, 7) is 6.06. The van der Waals surface area contributed by atoms with Crippen LogP contribution in [0.1, 0.15) is 20.8 Å². The fourth-order valence-corrected chi connectivity index (χ4v) is 1.42. The van der Waals surface area contributed by atoms with Crippen LogP contribution in [0, 0.1) is 0 Å². The van der Waals surface area contributed by atoms with Crippen LogP contribution in [-0.2, 0) is 9.53 Å². The van der Waals surface area contributed by atoms with Crippen molar-refractivity contribution in [3.63, 3.8) is 0 Å². The lowest BCUT2D eigenvalue weighted by molar-refractivity contribution is -0.145. The Labute approximate surface area is 107 Å². The van der Waals surface area contributed by atoms with E-state index in [0.717, 1.165) is 5.69 Å². The van der Waals surface area contributed by atoms with Crippen LogP contribution in [0.2, 0.25) is 0 Å². The molecule has 0 unspecified atom stereocenters. The molecule has 0 radical (unpaired) electrons. The van der Waals surface area contributed by atoms with Gasteiger partial charge in [-0.3, -0.25) is 0 Å². The highest BCUT2D eigenvalue weighted by molar-refractivity contribution is 5.72. The van der Waals surface area contributed by atoms with E-state index in [0.29, 0.717) is 24.1 Å². The molecule has 0 amide bonds. The molecule has 0 bridgehead atoms. The third-order valence-corrected chi connectivity index (χ3v) is 2.13. The van der Waals surface area contributed by atoms with Crippen LogP contribution < -0.4 is 15.8 Å². The predicted octanol–water partition coefficient (Wildman–Crippen LogP) is 2.03. The Morgan fingerprint density at radius 2 is 2.17 bits per heavy atom. The quantitative estimate of drug-likeness (QED) is 0.598. The van der Waals surface area contributed by atoms with Crippen LogP contribution in [-0.4, -0.2) is 25.2 Å². The van der Waals surface area contributed by atoms with Gasteiger partial charge >= 0.3 is 5.97 Å². The number of hydrogen-bond donors (Lipinski definition) is 2. The fraction of sp³-hybridized carbons (Fsp3) is 0.462. The van der Waals surface area contributed by atoms with Crippen molar-refractivity contribution < 1.29 is 14.3 Å². The van der Waals surface area contributed by atoms with Gasteiger partial charge in [0.2, 0.25) is 0 Å². The molecule has 0 aliphatic rings. The first kappa shape index (κ1) is 14.2. The Morgan fingerprint density at radius 1 is 1.44 bits per heavy atom. The summed E-state index contributed by atoms with van der Waals surface area (Å²) < 4.78 is 10.0. The lowest BCUT2D eigenvalue weighted by Crippen LogP contribution is -2.15. The Kier molecular flexibility index (Phi) is 5.30. The first-order chi connectivity index (χ1) is 8.52. The number of ether oxygens (including phenoxy) is 2. The Balaban J connectivity index is 2.58. The van der Waals surface area contributed by atoms with Gasteiger partial charge in [0, 0.05) is 12.1 Å². The summed E-state index contributed by atoms with van der Waals surface area (Å²) in [6.07, 6.45) is 0. The normalized spacial score (nSPS) is 10.2. The summed E-state index contributed by atoms with van der Waals surface area (Å²) in [7, 11) is 0. The van der Waals surface area contributed by atoms with Crippen molar-refractivity contribution in [3.05, 3.63) is 18.2 Å². The summed E-state index contributed by atoms with van der Waals surface area (Å²) >= 11 is 0. The minimum Gasteiger partial charge on any atom is -0.482 e. The zero-order valence-electron chi connectivity index (χ0n) is 11.0. The number of benzene rings is 1. The number of nitrogens with one attached hydrogen (secondary N) is 1. The molecule has 0 atom stereocenters. The molecule has 0 aliphatic carbocycles. The first-order valence-corrected chi connectivity index (χ1v) is 5.97. The number of carbonyl (C=O) groups is 1. The van der Waals surface area contributed by atoms with Gasteiger partial charge in [0.1, 0.15) is 5.75 Å². The molecule has 0 aliphatic heterocycles. The van der Waals surface area contributed by atoms with Crippen LogP contribution in [0.15, 0.2) is 18.2 Å². The maximum absolute atomic E-state index is 11.1. The maximum Gasteiger partial charge on any atom is 0.344 e. The minimum absolute atomic E-state index is 0.107. The summed E-state index contributed by atoms with van der Waals surface area (Å²) in [6, 6.07) is 5.58. The highest BCUT2D eigenvalue weighted by Gasteiger charge is 2.06. The van der Waals surface area contributed by atoms with E-state index < -0.39 is 0 Å².